The van der Waals surface area contributed by atoms with E-state index in [1.807, 2.05) is 24.3 Å². The molecule has 2 heterocycles. The standard InChI is InChI=1S/C18H16BrN5/c19-15-6-3-7-16(10-15)21-17-11-20-23-18(22-17)24-9-8-13-4-1-2-5-14(13)12-24/h1-7,10-11H,8-9,12H2,(H,21,22,23). The van der Waals surface area contributed by atoms with Crippen LogP contribution in [-0.2, 0) is 13.0 Å². The van der Waals surface area contributed by atoms with Crippen molar-refractivity contribution in [2.24, 2.45) is 0 Å². The zero-order chi connectivity index (χ0) is 16.4. The topological polar surface area (TPSA) is 53.9 Å². The van der Waals surface area contributed by atoms with Gasteiger partial charge in [-0.15, -0.1) is 5.10 Å². The minimum atomic E-state index is 0.657. The van der Waals surface area contributed by atoms with Crippen LogP contribution in [0.4, 0.5) is 17.5 Å². The second-order valence-corrected chi connectivity index (χ2v) is 6.63. The molecule has 0 saturated heterocycles. The average Bonchev–Trinajstić information content (AvgIpc) is 2.61. The fourth-order valence-electron chi connectivity index (χ4n) is 2.87. The van der Waals surface area contributed by atoms with Crippen molar-refractivity contribution in [3.05, 3.63) is 70.3 Å². The van der Waals surface area contributed by atoms with Gasteiger partial charge in [0, 0.05) is 23.2 Å². The number of hydrogen-bond donors (Lipinski definition) is 1. The van der Waals surface area contributed by atoms with E-state index >= 15 is 0 Å². The first kappa shape index (κ1) is 15.1. The van der Waals surface area contributed by atoms with Crippen molar-refractivity contribution in [3.8, 4) is 0 Å². The maximum Gasteiger partial charge on any atom is 0.247 e. The highest BCUT2D eigenvalue weighted by Crippen LogP contribution is 2.23. The maximum atomic E-state index is 4.62. The van der Waals surface area contributed by atoms with Gasteiger partial charge in [0.15, 0.2) is 5.82 Å². The first-order chi connectivity index (χ1) is 11.8. The molecule has 0 atom stereocenters. The molecular formula is C18H16BrN5. The summed E-state index contributed by atoms with van der Waals surface area (Å²) in [5.41, 5.74) is 3.70. The summed E-state index contributed by atoms with van der Waals surface area (Å²) in [4.78, 5) is 6.79. The summed E-state index contributed by atoms with van der Waals surface area (Å²) >= 11 is 3.47. The van der Waals surface area contributed by atoms with Crippen LogP contribution >= 0.6 is 15.9 Å². The number of anilines is 3. The van der Waals surface area contributed by atoms with E-state index in [1.54, 1.807) is 6.20 Å². The molecule has 1 N–H and O–H groups in total. The van der Waals surface area contributed by atoms with E-state index < -0.39 is 0 Å². The lowest BCUT2D eigenvalue weighted by molar-refractivity contribution is 0.698. The molecule has 1 aliphatic heterocycles. The van der Waals surface area contributed by atoms with Crippen molar-refractivity contribution >= 4 is 33.4 Å². The molecule has 3 aromatic rings. The van der Waals surface area contributed by atoms with E-state index in [2.05, 4.69) is 65.6 Å². The summed E-state index contributed by atoms with van der Waals surface area (Å²) in [6.45, 7) is 1.72. The predicted molar refractivity (Wildman–Crippen MR) is 98.4 cm³/mol. The van der Waals surface area contributed by atoms with Gasteiger partial charge in [-0.2, -0.15) is 10.1 Å². The molecule has 120 valence electrons. The van der Waals surface area contributed by atoms with Gasteiger partial charge in [0.05, 0.1) is 6.20 Å². The normalized spacial score (nSPS) is 13.5. The Balaban J connectivity index is 1.55. The maximum absolute atomic E-state index is 4.62. The fraction of sp³-hybridized carbons (Fsp3) is 0.167. The Morgan fingerprint density at radius 2 is 1.92 bits per heavy atom. The molecule has 0 radical (unpaired) electrons. The molecule has 0 unspecified atom stereocenters. The Labute approximate surface area is 148 Å². The van der Waals surface area contributed by atoms with E-state index in [-0.39, 0.29) is 0 Å². The van der Waals surface area contributed by atoms with Crippen molar-refractivity contribution in [3.63, 3.8) is 0 Å². The van der Waals surface area contributed by atoms with Crippen LogP contribution in [0, 0.1) is 0 Å². The van der Waals surface area contributed by atoms with Gasteiger partial charge in [-0.05, 0) is 35.7 Å². The zero-order valence-corrected chi connectivity index (χ0v) is 14.6. The number of rotatable bonds is 3. The van der Waals surface area contributed by atoms with Gasteiger partial charge in [0.25, 0.3) is 0 Å². The largest absolute Gasteiger partial charge is 0.339 e. The first-order valence-electron chi connectivity index (χ1n) is 7.82. The number of halogens is 1. The molecule has 1 aromatic heterocycles. The van der Waals surface area contributed by atoms with Crippen LogP contribution in [0.3, 0.4) is 0 Å². The third-order valence-corrected chi connectivity index (χ3v) is 4.55. The van der Waals surface area contributed by atoms with E-state index in [4.69, 9.17) is 0 Å². The van der Waals surface area contributed by atoms with Crippen molar-refractivity contribution in [1.29, 1.82) is 0 Å². The van der Waals surface area contributed by atoms with Crippen molar-refractivity contribution in [2.45, 2.75) is 13.0 Å². The molecule has 6 heteroatoms. The van der Waals surface area contributed by atoms with Gasteiger partial charge >= 0.3 is 0 Å². The SMILES string of the molecule is Brc1cccc(Nc2cnnc(N3CCc4ccccc4C3)n2)c1. The minimum Gasteiger partial charge on any atom is -0.339 e. The van der Waals surface area contributed by atoms with Crippen LogP contribution in [-0.4, -0.2) is 21.7 Å². The van der Waals surface area contributed by atoms with E-state index in [1.165, 1.54) is 11.1 Å². The summed E-state index contributed by atoms with van der Waals surface area (Å²) < 4.78 is 1.02. The Bertz CT molecular complexity index is 867. The lowest BCUT2D eigenvalue weighted by Gasteiger charge is -2.28. The zero-order valence-electron chi connectivity index (χ0n) is 13.0. The fourth-order valence-corrected chi connectivity index (χ4v) is 3.27. The van der Waals surface area contributed by atoms with E-state index in [0.29, 0.717) is 11.8 Å². The second kappa shape index (κ2) is 6.57. The molecule has 4 rings (SSSR count). The number of aromatic nitrogens is 3. The van der Waals surface area contributed by atoms with Gasteiger partial charge < -0.3 is 10.2 Å². The molecule has 1 aliphatic rings. The van der Waals surface area contributed by atoms with Crippen LogP contribution in [0.1, 0.15) is 11.1 Å². The van der Waals surface area contributed by atoms with Crippen LogP contribution < -0.4 is 10.2 Å². The number of benzene rings is 2. The van der Waals surface area contributed by atoms with Gasteiger partial charge in [-0.25, -0.2) is 0 Å². The average molecular weight is 382 g/mol. The smallest absolute Gasteiger partial charge is 0.247 e. The Kier molecular flexibility index (Phi) is 4.13. The van der Waals surface area contributed by atoms with Crippen molar-refractivity contribution in [2.75, 3.05) is 16.8 Å². The Hall–Kier alpha value is -2.47. The molecule has 24 heavy (non-hydrogen) atoms. The second-order valence-electron chi connectivity index (χ2n) is 5.72. The predicted octanol–water partition coefficient (Wildman–Crippen LogP) is 3.94. The molecule has 0 spiro atoms. The minimum absolute atomic E-state index is 0.657. The molecular weight excluding hydrogens is 366 g/mol. The van der Waals surface area contributed by atoms with Crippen LogP contribution in [0.5, 0.6) is 0 Å². The van der Waals surface area contributed by atoms with Gasteiger partial charge in [-0.1, -0.05) is 46.3 Å². The first-order valence-corrected chi connectivity index (χ1v) is 8.61. The summed E-state index contributed by atoms with van der Waals surface area (Å²) in [5, 5.41) is 11.6. The highest BCUT2D eigenvalue weighted by Gasteiger charge is 2.18. The molecule has 2 aromatic carbocycles. The Morgan fingerprint density at radius 1 is 1.04 bits per heavy atom. The third kappa shape index (κ3) is 3.23. The molecule has 0 amide bonds. The van der Waals surface area contributed by atoms with Crippen molar-refractivity contribution in [1.82, 2.24) is 15.2 Å². The molecule has 0 bridgehead atoms. The third-order valence-electron chi connectivity index (χ3n) is 4.06. The van der Waals surface area contributed by atoms with Crippen molar-refractivity contribution < 1.29 is 0 Å². The molecule has 0 fully saturated rings. The van der Waals surface area contributed by atoms with E-state index in [9.17, 15) is 0 Å². The summed E-state index contributed by atoms with van der Waals surface area (Å²) in [5.74, 6) is 1.35. The summed E-state index contributed by atoms with van der Waals surface area (Å²) in [6, 6.07) is 16.5. The molecule has 0 saturated carbocycles. The molecule has 0 aliphatic carbocycles. The lowest BCUT2D eigenvalue weighted by Crippen LogP contribution is -2.32. The number of fused-ring (bicyclic) bond motifs is 1. The van der Waals surface area contributed by atoms with Crippen LogP contribution in [0.2, 0.25) is 0 Å². The van der Waals surface area contributed by atoms with Gasteiger partial charge in [0.1, 0.15) is 0 Å². The highest BCUT2D eigenvalue weighted by molar-refractivity contribution is 9.10. The summed E-state index contributed by atoms with van der Waals surface area (Å²) in [6.07, 6.45) is 2.64. The quantitative estimate of drug-likeness (QED) is 0.744. The number of nitrogens with one attached hydrogen (secondary N) is 1. The number of nitrogens with zero attached hydrogens (tertiary/aromatic N) is 4. The highest BCUT2D eigenvalue weighted by atomic mass is 79.9. The van der Waals surface area contributed by atoms with Crippen LogP contribution in [0.25, 0.3) is 0 Å². The van der Waals surface area contributed by atoms with Gasteiger partial charge in [0.2, 0.25) is 5.95 Å². The Morgan fingerprint density at radius 3 is 2.79 bits per heavy atom. The van der Waals surface area contributed by atoms with Gasteiger partial charge in [-0.3, -0.25) is 0 Å². The molecule has 5 nitrogen and oxygen atoms in total. The van der Waals surface area contributed by atoms with E-state index in [0.717, 1.165) is 29.7 Å². The summed E-state index contributed by atoms with van der Waals surface area (Å²) in [7, 11) is 0. The monoisotopic (exact) mass is 381 g/mol. The van der Waals surface area contributed by atoms with Crippen LogP contribution in [0.15, 0.2) is 59.2 Å². The number of hydrogen-bond acceptors (Lipinski definition) is 5. The lowest BCUT2D eigenvalue weighted by atomic mass is 10.0.